The van der Waals surface area contributed by atoms with E-state index in [0.717, 1.165) is 23.4 Å². The monoisotopic (exact) mass is 261 g/mol. The van der Waals surface area contributed by atoms with Crippen LogP contribution in [0.15, 0.2) is 30.3 Å². The van der Waals surface area contributed by atoms with Crippen LogP contribution in [0.5, 0.6) is 0 Å². The highest BCUT2D eigenvalue weighted by Gasteiger charge is 2.05. The van der Waals surface area contributed by atoms with Gasteiger partial charge in [0, 0.05) is 21.6 Å². The Hall–Kier alpha value is -1.21. The van der Waals surface area contributed by atoms with Crippen LogP contribution in [0.1, 0.15) is 45.2 Å². The molecule has 0 unspecified atom stereocenters. The van der Waals surface area contributed by atoms with Crippen LogP contribution < -0.4 is 0 Å². The summed E-state index contributed by atoms with van der Waals surface area (Å²) in [5, 5.41) is 1.98. The molecule has 0 aliphatic heterocycles. The molecule has 1 heterocycles. The minimum absolute atomic E-state index is 0.794. The van der Waals surface area contributed by atoms with E-state index in [1.807, 2.05) is 18.2 Å². The van der Waals surface area contributed by atoms with E-state index in [9.17, 15) is 0 Å². The number of fused-ring (bicyclic) bond motifs is 1. The summed E-state index contributed by atoms with van der Waals surface area (Å²) in [7, 11) is 0. The van der Waals surface area contributed by atoms with Crippen molar-refractivity contribution in [3.8, 4) is 0 Å². The molecule has 0 saturated carbocycles. The third kappa shape index (κ3) is 2.97. The van der Waals surface area contributed by atoms with E-state index < -0.39 is 0 Å². The first-order valence-corrected chi connectivity index (χ1v) is 7.10. The molecule has 0 aliphatic rings. The van der Waals surface area contributed by atoms with E-state index in [2.05, 4.69) is 31.0 Å². The van der Waals surface area contributed by atoms with Crippen LogP contribution in [0.4, 0.5) is 0 Å². The number of H-pyrrole nitrogens is 1. The summed E-state index contributed by atoms with van der Waals surface area (Å²) < 4.78 is 0. The molecule has 2 heteroatoms. The lowest BCUT2D eigenvalue weighted by Gasteiger charge is -2.03. The Morgan fingerprint density at radius 3 is 2.78 bits per heavy atom. The van der Waals surface area contributed by atoms with Crippen molar-refractivity contribution in [1.29, 1.82) is 0 Å². The number of benzene rings is 1. The van der Waals surface area contributed by atoms with Gasteiger partial charge in [0.2, 0.25) is 0 Å². The first-order chi connectivity index (χ1) is 8.74. The van der Waals surface area contributed by atoms with Crippen molar-refractivity contribution < 1.29 is 0 Å². The lowest BCUT2D eigenvalue weighted by molar-refractivity contribution is 0.930. The molecular weight excluding hydrogens is 242 g/mol. The first-order valence-electron chi connectivity index (χ1n) is 6.72. The average Bonchev–Trinajstić information content (AvgIpc) is 2.77. The number of allylic oxidation sites excluding steroid dienone is 2. The zero-order valence-corrected chi connectivity index (χ0v) is 11.8. The van der Waals surface area contributed by atoms with Crippen LogP contribution >= 0.6 is 11.6 Å². The standard InChI is InChI=1S/C16H20ClN/c1-3-5-7-12(6-4-2)16-11-13-10-14(17)8-9-15(13)18-16/h7-11,18H,3-6H2,1-2H3/b12-7+. The quantitative estimate of drug-likeness (QED) is 0.700. The smallest absolute Gasteiger partial charge is 0.0459 e. The zero-order valence-electron chi connectivity index (χ0n) is 11.1. The third-order valence-corrected chi connectivity index (χ3v) is 3.36. The number of halogens is 1. The number of hydrogen-bond donors (Lipinski definition) is 1. The van der Waals surface area contributed by atoms with Crippen LogP contribution in [0.25, 0.3) is 16.5 Å². The van der Waals surface area contributed by atoms with Gasteiger partial charge >= 0.3 is 0 Å². The molecule has 0 spiro atoms. The molecule has 0 fully saturated rings. The van der Waals surface area contributed by atoms with Crippen LogP contribution in [0, 0.1) is 0 Å². The Balaban J connectivity index is 2.38. The lowest BCUT2D eigenvalue weighted by atomic mass is 10.1. The Morgan fingerprint density at radius 1 is 1.22 bits per heavy atom. The topological polar surface area (TPSA) is 15.8 Å². The van der Waals surface area contributed by atoms with Gasteiger partial charge in [0.1, 0.15) is 0 Å². The minimum Gasteiger partial charge on any atom is -0.355 e. The second kappa shape index (κ2) is 6.10. The fourth-order valence-electron chi connectivity index (χ4n) is 2.21. The number of nitrogens with one attached hydrogen (secondary N) is 1. The fourth-order valence-corrected chi connectivity index (χ4v) is 2.39. The van der Waals surface area contributed by atoms with E-state index in [1.54, 1.807) is 0 Å². The van der Waals surface area contributed by atoms with Gasteiger partial charge in [-0.15, -0.1) is 0 Å². The van der Waals surface area contributed by atoms with Crippen molar-refractivity contribution in [3.05, 3.63) is 41.1 Å². The maximum atomic E-state index is 6.02. The summed E-state index contributed by atoms with van der Waals surface area (Å²) in [4.78, 5) is 3.49. The van der Waals surface area contributed by atoms with Gasteiger partial charge < -0.3 is 4.98 Å². The largest absolute Gasteiger partial charge is 0.355 e. The molecule has 2 rings (SSSR count). The van der Waals surface area contributed by atoms with Gasteiger partial charge in [-0.2, -0.15) is 0 Å². The first kappa shape index (κ1) is 13.2. The second-order valence-electron chi connectivity index (χ2n) is 4.68. The van der Waals surface area contributed by atoms with Crippen molar-refractivity contribution in [2.24, 2.45) is 0 Å². The molecule has 1 aromatic carbocycles. The van der Waals surface area contributed by atoms with Crippen LogP contribution in [0.2, 0.25) is 5.02 Å². The summed E-state index contributed by atoms with van der Waals surface area (Å²) in [5.41, 5.74) is 3.82. The molecule has 2 aromatic rings. The molecule has 0 aliphatic carbocycles. The lowest BCUT2D eigenvalue weighted by Crippen LogP contribution is -1.84. The Labute approximate surface area is 114 Å². The number of hydrogen-bond acceptors (Lipinski definition) is 0. The van der Waals surface area contributed by atoms with Crippen molar-refractivity contribution in [2.75, 3.05) is 0 Å². The Morgan fingerprint density at radius 2 is 2.06 bits per heavy atom. The summed E-state index contributed by atoms with van der Waals surface area (Å²) in [5.74, 6) is 0. The van der Waals surface area contributed by atoms with Gasteiger partial charge in [-0.05, 0) is 42.7 Å². The molecule has 18 heavy (non-hydrogen) atoms. The van der Waals surface area contributed by atoms with Gasteiger partial charge in [0.15, 0.2) is 0 Å². The summed E-state index contributed by atoms with van der Waals surface area (Å²) >= 11 is 6.02. The van der Waals surface area contributed by atoms with E-state index in [-0.39, 0.29) is 0 Å². The summed E-state index contributed by atoms with van der Waals surface area (Å²) in [6.07, 6.45) is 6.99. The molecular formula is C16H20ClN. The van der Waals surface area contributed by atoms with Gasteiger partial charge in [-0.3, -0.25) is 0 Å². The van der Waals surface area contributed by atoms with Gasteiger partial charge in [-0.1, -0.05) is 44.4 Å². The molecule has 0 radical (unpaired) electrons. The normalized spacial score (nSPS) is 12.3. The maximum Gasteiger partial charge on any atom is 0.0459 e. The molecule has 1 nitrogen and oxygen atoms in total. The number of rotatable bonds is 5. The number of aromatic nitrogens is 1. The molecule has 96 valence electrons. The van der Waals surface area contributed by atoms with Crippen LogP contribution in [-0.2, 0) is 0 Å². The zero-order chi connectivity index (χ0) is 13.0. The van der Waals surface area contributed by atoms with E-state index in [1.165, 1.54) is 29.5 Å². The molecule has 1 N–H and O–H groups in total. The van der Waals surface area contributed by atoms with E-state index >= 15 is 0 Å². The van der Waals surface area contributed by atoms with E-state index in [0.29, 0.717) is 0 Å². The van der Waals surface area contributed by atoms with Crippen LogP contribution in [-0.4, -0.2) is 4.98 Å². The number of unbranched alkanes of at least 4 members (excludes halogenated alkanes) is 1. The highest BCUT2D eigenvalue weighted by atomic mass is 35.5. The predicted octanol–water partition coefficient (Wildman–Crippen LogP) is 5.80. The summed E-state index contributed by atoms with van der Waals surface area (Å²) in [6, 6.07) is 8.20. The average molecular weight is 262 g/mol. The highest BCUT2D eigenvalue weighted by Crippen LogP contribution is 2.26. The van der Waals surface area contributed by atoms with Gasteiger partial charge in [-0.25, -0.2) is 0 Å². The molecule has 0 bridgehead atoms. The summed E-state index contributed by atoms with van der Waals surface area (Å²) in [6.45, 7) is 4.43. The Bertz CT molecular complexity index is 551. The molecule has 0 saturated heterocycles. The van der Waals surface area contributed by atoms with Crippen LogP contribution in [0.3, 0.4) is 0 Å². The van der Waals surface area contributed by atoms with Crippen molar-refractivity contribution >= 4 is 28.1 Å². The van der Waals surface area contributed by atoms with Crippen molar-refractivity contribution in [1.82, 2.24) is 4.98 Å². The van der Waals surface area contributed by atoms with Crippen molar-refractivity contribution in [2.45, 2.75) is 39.5 Å². The number of aromatic amines is 1. The molecule has 0 amide bonds. The van der Waals surface area contributed by atoms with Gasteiger partial charge in [0.25, 0.3) is 0 Å². The second-order valence-corrected chi connectivity index (χ2v) is 5.12. The minimum atomic E-state index is 0.794. The third-order valence-electron chi connectivity index (χ3n) is 3.13. The highest BCUT2D eigenvalue weighted by molar-refractivity contribution is 6.31. The fraction of sp³-hybridized carbons (Fsp3) is 0.375. The molecule has 0 atom stereocenters. The SMILES string of the molecule is CCC/C=C(\CCC)c1cc2cc(Cl)ccc2[nH]1. The van der Waals surface area contributed by atoms with E-state index in [4.69, 9.17) is 11.6 Å². The van der Waals surface area contributed by atoms with Crippen molar-refractivity contribution in [3.63, 3.8) is 0 Å². The maximum absolute atomic E-state index is 6.02. The predicted molar refractivity (Wildman–Crippen MR) is 81.1 cm³/mol. The Kier molecular flexibility index (Phi) is 4.48. The van der Waals surface area contributed by atoms with Gasteiger partial charge in [0.05, 0.1) is 0 Å². The molecule has 1 aromatic heterocycles.